The van der Waals surface area contributed by atoms with Gasteiger partial charge in [-0.25, -0.2) is 4.98 Å². The SMILES string of the molecule is COc1nccc(N2CC[C@@]3(CCCN(CCO)C3=O)C2)c1C#N. The van der Waals surface area contributed by atoms with Crippen molar-refractivity contribution < 1.29 is 14.6 Å². The highest BCUT2D eigenvalue weighted by atomic mass is 16.5. The van der Waals surface area contributed by atoms with Gasteiger partial charge in [-0.05, 0) is 25.3 Å². The maximum absolute atomic E-state index is 12.9. The Labute approximate surface area is 141 Å². The van der Waals surface area contributed by atoms with Gasteiger partial charge >= 0.3 is 0 Å². The molecule has 0 unspecified atom stereocenters. The van der Waals surface area contributed by atoms with E-state index in [9.17, 15) is 10.1 Å². The number of aliphatic hydroxyl groups excluding tert-OH is 1. The van der Waals surface area contributed by atoms with Crippen LogP contribution in [0, 0.1) is 16.7 Å². The molecule has 7 heteroatoms. The second kappa shape index (κ2) is 6.65. The summed E-state index contributed by atoms with van der Waals surface area (Å²) >= 11 is 0. The second-order valence-corrected chi connectivity index (χ2v) is 6.40. The molecule has 1 spiro atoms. The van der Waals surface area contributed by atoms with E-state index < -0.39 is 5.41 Å². The van der Waals surface area contributed by atoms with E-state index in [-0.39, 0.29) is 12.5 Å². The molecule has 0 bridgehead atoms. The van der Waals surface area contributed by atoms with E-state index in [4.69, 9.17) is 9.84 Å². The largest absolute Gasteiger partial charge is 0.480 e. The van der Waals surface area contributed by atoms with Gasteiger partial charge in [0.2, 0.25) is 11.8 Å². The monoisotopic (exact) mass is 330 g/mol. The summed E-state index contributed by atoms with van der Waals surface area (Å²) in [4.78, 5) is 20.8. The van der Waals surface area contributed by atoms with Gasteiger partial charge in [0.05, 0.1) is 24.8 Å². The fraction of sp³-hybridized carbons (Fsp3) is 0.588. The fourth-order valence-corrected chi connectivity index (χ4v) is 3.90. The molecule has 3 rings (SSSR count). The average molecular weight is 330 g/mol. The minimum Gasteiger partial charge on any atom is -0.480 e. The van der Waals surface area contributed by atoms with Crippen molar-refractivity contribution in [3.63, 3.8) is 0 Å². The fourth-order valence-electron chi connectivity index (χ4n) is 3.90. The number of hydrogen-bond acceptors (Lipinski definition) is 6. The Hall–Kier alpha value is -2.33. The number of aromatic nitrogens is 1. The molecule has 7 nitrogen and oxygen atoms in total. The zero-order chi connectivity index (χ0) is 17.2. The molecular formula is C17H22N4O3. The lowest BCUT2D eigenvalue weighted by Gasteiger charge is -2.39. The molecule has 2 aliphatic heterocycles. The topological polar surface area (TPSA) is 89.7 Å². The lowest BCUT2D eigenvalue weighted by Crippen LogP contribution is -2.50. The molecule has 1 amide bonds. The Morgan fingerprint density at radius 1 is 1.46 bits per heavy atom. The van der Waals surface area contributed by atoms with Crippen LogP contribution in [0.15, 0.2) is 12.3 Å². The summed E-state index contributed by atoms with van der Waals surface area (Å²) < 4.78 is 5.18. The second-order valence-electron chi connectivity index (χ2n) is 6.40. The van der Waals surface area contributed by atoms with Gasteiger partial charge in [-0.1, -0.05) is 0 Å². The molecule has 1 atom stereocenters. The number of pyridine rings is 1. The first kappa shape index (κ1) is 16.5. The van der Waals surface area contributed by atoms with Crippen LogP contribution in [-0.2, 0) is 4.79 Å². The minimum absolute atomic E-state index is 0.00827. The lowest BCUT2D eigenvalue weighted by atomic mass is 9.78. The van der Waals surface area contributed by atoms with Gasteiger partial charge in [0.25, 0.3) is 0 Å². The number of nitriles is 1. The minimum atomic E-state index is -0.406. The molecule has 2 fully saturated rings. The molecule has 0 saturated carbocycles. The quantitative estimate of drug-likeness (QED) is 0.877. The molecule has 2 saturated heterocycles. The molecule has 0 radical (unpaired) electrons. The summed E-state index contributed by atoms with van der Waals surface area (Å²) in [5, 5.41) is 18.6. The van der Waals surface area contributed by atoms with Gasteiger partial charge in [-0.2, -0.15) is 5.26 Å². The number of amides is 1. The lowest BCUT2D eigenvalue weighted by molar-refractivity contribution is -0.145. The van der Waals surface area contributed by atoms with E-state index in [0.717, 1.165) is 31.5 Å². The van der Waals surface area contributed by atoms with Crippen molar-refractivity contribution in [1.82, 2.24) is 9.88 Å². The van der Waals surface area contributed by atoms with Crippen molar-refractivity contribution in [2.45, 2.75) is 19.3 Å². The molecule has 24 heavy (non-hydrogen) atoms. The van der Waals surface area contributed by atoms with Gasteiger partial charge in [-0.3, -0.25) is 4.79 Å². The van der Waals surface area contributed by atoms with Gasteiger partial charge in [0.1, 0.15) is 11.6 Å². The van der Waals surface area contributed by atoms with E-state index in [1.807, 2.05) is 0 Å². The van der Waals surface area contributed by atoms with Crippen molar-refractivity contribution in [3.8, 4) is 11.9 Å². The summed E-state index contributed by atoms with van der Waals surface area (Å²) in [6, 6.07) is 3.97. The number of hydrogen-bond donors (Lipinski definition) is 1. The average Bonchev–Trinajstić information content (AvgIpc) is 3.03. The van der Waals surface area contributed by atoms with Crippen LogP contribution < -0.4 is 9.64 Å². The Morgan fingerprint density at radius 3 is 3.00 bits per heavy atom. The zero-order valence-corrected chi connectivity index (χ0v) is 13.9. The summed E-state index contributed by atoms with van der Waals surface area (Å²) in [5.74, 6) is 0.442. The van der Waals surface area contributed by atoms with E-state index >= 15 is 0 Å². The van der Waals surface area contributed by atoms with Gasteiger partial charge in [0.15, 0.2) is 0 Å². The van der Waals surface area contributed by atoms with Crippen LogP contribution in [0.4, 0.5) is 5.69 Å². The Balaban J connectivity index is 1.86. The van der Waals surface area contributed by atoms with Crippen molar-refractivity contribution in [1.29, 1.82) is 5.26 Å². The molecule has 128 valence electrons. The Morgan fingerprint density at radius 2 is 2.29 bits per heavy atom. The predicted octanol–water partition coefficient (Wildman–Crippen LogP) is 0.773. The van der Waals surface area contributed by atoms with Crippen LogP contribution in [0.3, 0.4) is 0 Å². The zero-order valence-electron chi connectivity index (χ0n) is 13.9. The summed E-state index contributed by atoms with van der Waals surface area (Å²) in [7, 11) is 1.50. The molecule has 1 aromatic rings. The summed E-state index contributed by atoms with van der Waals surface area (Å²) in [5.41, 5.74) is 0.775. The van der Waals surface area contributed by atoms with Crippen molar-refractivity contribution in [3.05, 3.63) is 17.8 Å². The third-order valence-corrected chi connectivity index (χ3v) is 5.09. The predicted molar refractivity (Wildman–Crippen MR) is 87.7 cm³/mol. The van der Waals surface area contributed by atoms with Crippen LogP contribution in [0.1, 0.15) is 24.8 Å². The van der Waals surface area contributed by atoms with Crippen molar-refractivity contribution in [2.24, 2.45) is 5.41 Å². The highest BCUT2D eigenvalue weighted by Gasteiger charge is 2.48. The normalized spacial score (nSPS) is 23.6. The number of piperidine rings is 1. The van der Waals surface area contributed by atoms with Crippen LogP contribution in [0.25, 0.3) is 0 Å². The highest BCUT2D eigenvalue weighted by Crippen LogP contribution is 2.42. The standard InChI is InChI=1S/C17H22N4O3/c1-24-15-13(11-18)14(3-6-19-15)21-8-5-17(12-21)4-2-7-20(9-10-22)16(17)23/h3,6,22H,2,4-5,7-10,12H2,1H3/t17-/m0/s1. The number of aliphatic hydroxyl groups is 1. The van der Waals surface area contributed by atoms with E-state index in [1.54, 1.807) is 17.2 Å². The highest BCUT2D eigenvalue weighted by molar-refractivity contribution is 5.85. The Kier molecular flexibility index (Phi) is 4.58. The van der Waals surface area contributed by atoms with Gasteiger partial charge in [-0.15, -0.1) is 0 Å². The molecule has 0 aromatic carbocycles. The van der Waals surface area contributed by atoms with Crippen LogP contribution in [0.2, 0.25) is 0 Å². The number of rotatable bonds is 4. The number of carbonyl (C=O) groups is 1. The number of likely N-dealkylation sites (tertiary alicyclic amines) is 1. The number of ether oxygens (including phenoxy) is 1. The molecule has 0 aliphatic carbocycles. The summed E-state index contributed by atoms with van der Waals surface area (Å²) in [6.45, 7) is 2.42. The first-order valence-corrected chi connectivity index (χ1v) is 8.23. The molecule has 3 heterocycles. The number of methoxy groups -OCH3 is 1. The maximum atomic E-state index is 12.9. The number of carbonyl (C=O) groups excluding carboxylic acids is 1. The molecule has 1 aromatic heterocycles. The van der Waals surface area contributed by atoms with Gasteiger partial charge < -0.3 is 19.6 Å². The molecule has 1 N–H and O–H groups in total. The van der Waals surface area contributed by atoms with E-state index in [1.165, 1.54) is 7.11 Å². The maximum Gasteiger partial charge on any atom is 0.233 e. The van der Waals surface area contributed by atoms with Gasteiger partial charge in [0, 0.05) is 32.4 Å². The van der Waals surface area contributed by atoms with Crippen LogP contribution in [-0.4, -0.2) is 60.8 Å². The Bertz CT molecular complexity index is 670. The molecular weight excluding hydrogens is 308 g/mol. The third-order valence-electron chi connectivity index (χ3n) is 5.09. The third kappa shape index (κ3) is 2.67. The number of nitrogens with zero attached hydrogens (tertiary/aromatic N) is 4. The van der Waals surface area contributed by atoms with E-state index in [0.29, 0.717) is 31.1 Å². The number of anilines is 1. The smallest absolute Gasteiger partial charge is 0.233 e. The van der Waals surface area contributed by atoms with Crippen LogP contribution >= 0.6 is 0 Å². The summed E-state index contributed by atoms with van der Waals surface area (Å²) in [6.07, 6.45) is 4.20. The van der Waals surface area contributed by atoms with Crippen molar-refractivity contribution in [2.75, 3.05) is 44.8 Å². The first-order chi connectivity index (χ1) is 11.6. The van der Waals surface area contributed by atoms with E-state index in [2.05, 4.69) is 16.0 Å². The number of β-amino-alcohol motifs (C(OH)–C–C–N with tert-alkyl or cyclic N) is 1. The van der Waals surface area contributed by atoms with Crippen LogP contribution in [0.5, 0.6) is 5.88 Å². The first-order valence-electron chi connectivity index (χ1n) is 8.23. The van der Waals surface area contributed by atoms with Crippen molar-refractivity contribution >= 4 is 11.6 Å². The molecule has 2 aliphatic rings.